The van der Waals surface area contributed by atoms with Gasteiger partial charge in [-0.3, -0.25) is 9.48 Å². The minimum absolute atomic E-state index is 0.465. The van der Waals surface area contributed by atoms with Crippen molar-refractivity contribution in [2.45, 2.75) is 20.4 Å². The number of hydrogen-bond donors (Lipinski definition) is 2. The zero-order valence-corrected chi connectivity index (χ0v) is 14.0. The number of aromatic amines is 1. The van der Waals surface area contributed by atoms with Crippen LogP contribution in [0.4, 0.5) is 0 Å². The van der Waals surface area contributed by atoms with Gasteiger partial charge in [0.25, 0.3) is 0 Å². The van der Waals surface area contributed by atoms with E-state index in [9.17, 15) is 4.79 Å². The number of pyridine rings is 1. The number of amides is 1. The van der Waals surface area contributed by atoms with Crippen LogP contribution in [0.5, 0.6) is 0 Å². The number of fused-ring (bicyclic) bond motifs is 1. The topological polar surface area (TPSA) is 92.8 Å². The third-order valence-corrected chi connectivity index (χ3v) is 4.32. The SMILES string of the molecule is CCN(CC)CCn1cc(-c2cnc3[nH]ccc3c2C(N)=O)cn1. The van der Waals surface area contributed by atoms with E-state index >= 15 is 0 Å². The quantitative estimate of drug-likeness (QED) is 0.693. The molecule has 126 valence electrons. The van der Waals surface area contributed by atoms with E-state index in [1.807, 2.05) is 16.9 Å². The van der Waals surface area contributed by atoms with Crippen molar-refractivity contribution in [2.75, 3.05) is 19.6 Å². The molecule has 1 amide bonds. The van der Waals surface area contributed by atoms with Crippen LogP contribution in [0.2, 0.25) is 0 Å². The van der Waals surface area contributed by atoms with Crippen molar-refractivity contribution in [2.24, 2.45) is 5.73 Å². The molecule has 0 aromatic carbocycles. The molecule has 0 bridgehead atoms. The minimum atomic E-state index is -0.465. The summed E-state index contributed by atoms with van der Waals surface area (Å²) in [6.45, 7) is 8.07. The number of likely N-dealkylation sites (N-methyl/N-ethyl adjacent to an activating group) is 1. The highest BCUT2D eigenvalue weighted by molar-refractivity contribution is 6.10. The van der Waals surface area contributed by atoms with Gasteiger partial charge in [0.2, 0.25) is 5.91 Å². The number of rotatable bonds is 7. The summed E-state index contributed by atoms with van der Waals surface area (Å²) >= 11 is 0. The van der Waals surface area contributed by atoms with Crippen molar-refractivity contribution in [3.63, 3.8) is 0 Å². The Labute approximate surface area is 140 Å². The van der Waals surface area contributed by atoms with Gasteiger partial charge in [-0.1, -0.05) is 13.8 Å². The fourth-order valence-electron chi connectivity index (χ4n) is 2.90. The van der Waals surface area contributed by atoms with E-state index in [0.29, 0.717) is 16.8 Å². The molecule has 0 saturated carbocycles. The number of carbonyl (C=O) groups excluding carboxylic acids is 1. The minimum Gasteiger partial charge on any atom is -0.366 e. The third-order valence-electron chi connectivity index (χ3n) is 4.32. The highest BCUT2D eigenvalue weighted by Crippen LogP contribution is 2.27. The molecule has 7 heteroatoms. The van der Waals surface area contributed by atoms with Crippen LogP contribution in [0.15, 0.2) is 30.9 Å². The number of nitrogens with zero attached hydrogens (tertiary/aromatic N) is 4. The Balaban J connectivity index is 1.91. The number of nitrogens with two attached hydrogens (primary N) is 1. The van der Waals surface area contributed by atoms with Crippen molar-refractivity contribution in [3.8, 4) is 11.1 Å². The average molecular weight is 326 g/mol. The van der Waals surface area contributed by atoms with Gasteiger partial charge < -0.3 is 15.6 Å². The molecule has 0 unspecified atom stereocenters. The predicted octanol–water partition coefficient (Wildman–Crippen LogP) is 1.87. The van der Waals surface area contributed by atoms with E-state index in [1.165, 1.54) is 0 Å². The average Bonchev–Trinajstić information content (AvgIpc) is 3.23. The summed E-state index contributed by atoms with van der Waals surface area (Å²) < 4.78 is 1.89. The highest BCUT2D eigenvalue weighted by atomic mass is 16.1. The number of H-pyrrole nitrogens is 1. The summed E-state index contributed by atoms with van der Waals surface area (Å²) in [5.41, 5.74) is 8.29. The molecule has 0 atom stereocenters. The first-order chi connectivity index (χ1) is 11.6. The standard InChI is InChI=1S/C17H22N6O/c1-3-22(4-2)7-8-23-11-12(9-21-23)14-10-20-17-13(5-6-19-17)15(14)16(18)24/h5-6,9-11H,3-4,7-8H2,1-2H3,(H2,18,24)(H,19,20). The first-order valence-corrected chi connectivity index (χ1v) is 8.15. The van der Waals surface area contributed by atoms with Crippen LogP contribution in [0, 0.1) is 0 Å². The molecule has 3 heterocycles. The molecular weight excluding hydrogens is 304 g/mol. The monoisotopic (exact) mass is 326 g/mol. The lowest BCUT2D eigenvalue weighted by Crippen LogP contribution is -2.27. The molecule has 7 nitrogen and oxygen atoms in total. The van der Waals surface area contributed by atoms with Gasteiger partial charge >= 0.3 is 0 Å². The summed E-state index contributed by atoms with van der Waals surface area (Å²) in [6, 6.07) is 1.82. The van der Waals surface area contributed by atoms with E-state index in [4.69, 9.17) is 5.73 Å². The van der Waals surface area contributed by atoms with Crippen LogP contribution in [0.1, 0.15) is 24.2 Å². The number of primary amides is 1. The zero-order valence-electron chi connectivity index (χ0n) is 14.0. The van der Waals surface area contributed by atoms with Crippen LogP contribution in [-0.4, -0.2) is 50.2 Å². The van der Waals surface area contributed by atoms with Gasteiger partial charge in [-0.25, -0.2) is 4.98 Å². The molecule has 3 aromatic rings. The predicted molar refractivity (Wildman–Crippen MR) is 93.6 cm³/mol. The highest BCUT2D eigenvalue weighted by Gasteiger charge is 2.17. The van der Waals surface area contributed by atoms with Gasteiger partial charge in [0.15, 0.2) is 0 Å². The Hall–Kier alpha value is -2.67. The third kappa shape index (κ3) is 3.03. The van der Waals surface area contributed by atoms with E-state index in [2.05, 4.69) is 33.8 Å². The lowest BCUT2D eigenvalue weighted by atomic mass is 10.0. The van der Waals surface area contributed by atoms with Crippen molar-refractivity contribution < 1.29 is 4.79 Å². The summed E-state index contributed by atoms with van der Waals surface area (Å²) in [5.74, 6) is -0.465. The molecule has 0 aliphatic carbocycles. The number of nitrogens with one attached hydrogen (secondary N) is 1. The molecule has 3 aromatic heterocycles. The van der Waals surface area contributed by atoms with E-state index in [-0.39, 0.29) is 0 Å². The second kappa shape index (κ2) is 6.84. The Bertz CT molecular complexity index is 846. The van der Waals surface area contributed by atoms with Crippen LogP contribution in [0.3, 0.4) is 0 Å². The summed E-state index contributed by atoms with van der Waals surface area (Å²) in [5, 5.41) is 5.14. The summed E-state index contributed by atoms with van der Waals surface area (Å²) in [7, 11) is 0. The first-order valence-electron chi connectivity index (χ1n) is 8.15. The molecule has 0 saturated heterocycles. The molecular formula is C17H22N6O. The van der Waals surface area contributed by atoms with Crippen LogP contribution in [0.25, 0.3) is 22.2 Å². The van der Waals surface area contributed by atoms with Crippen molar-refractivity contribution in [1.82, 2.24) is 24.6 Å². The number of carbonyl (C=O) groups is 1. The molecule has 3 rings (SSSR count). The Morgan fingerprint density at radius 1 is 1.33 bits per heavy atom. The maximum absolute atomic E-state index is 12.0. The van der Waals surface area contributed by atoms with Gasteiger partial charge in [-0.05, 0) is 19.2 Å². The second-order valence-corrected chi connectivity index (χ2v) is 5.67. The van der Waals surface area contributed by atoms with Crippen LogP contribution in [-0.2, 0) is 6.54 Å². The largest absolute Gasteiger partial charge is 0.366 e. The van der Waals surface area contributed by atoms with E-state index in [1.54, 1.807) is 18.6 Å². The van der Waals surface area contributed by atoms with Gasteiger partial charge in [0, 0.05) is 41.6 Å². The van der Waals surface area contributed by atoms with Gasteiger partial charge in [-0.15, -0.1) is 0 Å². The van der Waals surface area contributed by atoms with Gasteiger partial charge in [0.1, 0.15) is 5.65 Å². The maximum Gasteiger partial charge on any atom is 0.250 e. The number of aromatic nitrogens is 4. The summed E-state index contributed by atoms with van der Waals surface area (Å²) in [4.78, 5) is 21.7. The van der Waals surface area contributed by atoms with Crippen molar-refractivity contribution >= 4 is 16.9 Å². The molecule has 3 N–H and O–H groups in total. The molecule has 0 spiro atoms. The normalized spacial score (nSPS) is 11.5. The summed E-state index contributed by atoms with van der Waals surface area (Å²) in [6.07, 6.45) is 7.11. The van der Waals surface area contributed by atoms with E-state index < -0.39 is 5.91 Å². The first kappa shape index (κ1) is 16.2. The number of hydrogen-bond acceptors (Lipinski definition) is 4. The Kier molecular flexibility index (Phi) is 4.61. The van der Waals surface area contributed by atoms with E-state index in [0.717, 1.165) is 37.1 Å². The van der Waals surface area contributed by atoms with Crippen LogP contribution < -0.4 is 5.73 Å². The molecule has 0 radical (unpaired) electrons. The Morgan fingerprint density at radius 2 is 2.12 bits per heavy atom. The smallest absolute Gasteiger partial charge is 0.250 e. The second-order valence-electron chi connectivity index (χ2n) is 5.67. The Morgan fingerprint density at radius 3 is 2.83 bits per heavy atom. The van der Waals surface area contributed by atoms with Gasteiger partial charge in [0.05, 0.1) is 18.3 Å². The maximum atomic E-state index is 12.0. The fourth-order valence-corrected chi connectivity index (χ4v) is 2.90. The van der Waals surface area contributed by atoms with Crippen molar-refractivity contribution in [3.05, 3.63) is 36.4 Å². The van der Waals surface area contributed by atoms with Gasteiger partial charge in [-0.2, -0.15) is 5.10 Å². The lowest BCUT2D eigenvalue weighted by Gasteiger charge is -2.17. The van der Waals surface area contributed by atoms with Crippen molar-refractivity contribution in [1.29, 1.82) is 0 Å². The molecule has 24 heavy (non-hydrogen) atoms. The zero-order chi connectivity index (χ0) is 17.1. The lowest BCUT2D eigenvalue weighted by molar-refractivity contribution is 0.100. The molecule has 0 aliphatic rings. The fraction of sp³-hybridized carbons (Fsp3) is 0.353. The van der Waals surface area contributed by atoms with Crippen LogP contribution >= 0.6 is 0 Å². The molecule has 0 aliphatic heterocycles. The molecule has 0 fully saturated rings.